The lowest BCUT2D eigenvalue weighted by Crippen LogP contribution is -2.56. The van der Waals surface area contributed by atoms with Gasteiger partial charge in [-0.1, -0.05) is 11.6 Å². The van der Waals surface area contributed by atoms with Gasteiger partial charge in [0.05, 0.1) is 23.9 Å². The Kier molecular flexibility index (Phi) is 6.09. The van der Waals surface area contributed by atoms with E-state index >= 15 is 0 Å². The SMILES string of the molecule is N#Cc1cc(Oc2cc(Cl)ccn2)c(C2CC2)nc1N1CCN(C(=O)CCO)C(C2CC2)C1. The lowest BCUT2D eigenvalue weighted by atomic mass is 10.0. The highest BCUT2D eigenvalue weighted by Gasteiger charge is 2.41. The van der Waals surface area contributed by atoms with Gasteiger partial charge in [0.25, 0.3) is 0 Å². The lowest BCUT2D eigenvalue weighted by Gasteiger charge is -2.42. The number of carbonyl (C=O) groups excluding carboxylic acids is 1. The smallest absolute Gasteiger partial charge is 0.225 e. The average molecular weight is 468 g/mol. The van der Waals surface area contributed by atoms with E-state index in [1.807, 2.05) is 4.90 Å². The number of piperazine rings is 1. The maximum absolute atomic E-state index is 12.5. The summed E-state index contributed by atoms with van der Waals surface area (Å²) in [6.45, 7) is 1.67. The maximum atomic E-state index is 12.5. The monoisotopic (exact) mass is 467 g/mol. The van der Waals surface area contributed by atoms with E-state index in [1.54, 1.807) is 24.4 Å². The van der Waals surface area contributed by atoms with Gasteiger partial charge in [0.15, 0.2) is 5.75 Å². The molecular weight excluding hydrogens is 442 g/mol. The van der Waals surface area contributed by atoms with Crippen LogP contribution >= 0.6 is 11.6 Å². The quantitative estimate of drug-likeness (QED) is 0.664. The Balaban J connectivity index is 1.44. The molecule has 2 aromatic heterocycles. The van der Waals surface area contributed by atoms with Crippen molar-refractivity contribution in [3.63, 3.8) is 0 Å². The van der Waals surface area contributed by atoms with Crippen LogP contribution in [0.1, 0.15) is 49.3 Å². The summed E-state index contributed by atoms with van der Waals surface area (Å²) in [5, 5.41) is 19.7. The number of rotatable bonds is 7. The molecule has 3 fully saturated rings. The summed E-state index contributed by atoms with van der Waals surface area (Å²) in [7, 11) is 0. The molecule has 9 heteroatoms. The fourth-order valence-electron chi connectivity index (χ4n) is 4.54. The van der Waals surface area contributed by atoms with E-state index in [4.69, 9.17) is 21.3 Å². The van der Waals surface area contributed by atoms with Crippen molar-refractivity contribution in [2.45, 2.75) is 44.1 Å². The second kappa shape index (κ2) is 9.16. The number of aliphatic hydroxyl groups is 1. The van der Waals surface area contributed by atoms with Crippen LogP contribution in [0.15, 0.2) is 24.4 Å². The predicted octanol–water partition coefficient (Wildman–Crippen LogP) is 3.48. The zero-order valence-corrected chi connectivity index (χ0v) is 19.0. The van der Waals surface area contributed by atoms with Crippen molar-refractivity contribution in [3.8, 4) is 17.7 Å². The Morgan fingerprint density at radius 1 is 1.27 bits per heavy atom. The first kappa shape index (κ1) is 21.9. The molecule has 1 amide bonds. The van der Waals surface area contributed by atoms with Crippen LogP contribution in [0.5, 0.6) is 11.6 Å². The van der Waals surface area contributed by atoms with Crippen molar-refractivity contribution in [2.24, 2.45) is 5.92 Å². The number of hydrogen-bond donors (Lipinski definition) is 1. The van der Waals surface area contributed by atoms with Crippen molar-refractivity contribution in [3.05, 3.63) is 40.7 Å². The molecule has 1 N–H and O–H groups in total. The summed E-state index contributed by atoms with van der Waals surface area (Å²) in [5.41, 5.74) is 1.29. The van der Waals surface area contributed by atoms with Gasteiger partial charge in [-0.05, 0) is 37.7 Å². The third-order valence-electron chi connectivity index (χ3n) is 6.52. The van der Waals surface area contributed by atoms with Crippen molar-refractivity contribution in [2.75, 3.05) is 31.1 Å². The zero-order chi connectivity index (χ0) is 22.9. The Morgan fingerprint density at radius 2 is 2.09 bits per heavy atom. The first-order valence-corrected chi connectivity index (χ1v) is 11.8. The summed E-state index contributed by atoms with van der Waals surface area (Å²) in [6.07, 6.45) is 6.01. The average Bonchev–Trinajstić information content (AvgIpc) is 3.71. The second-order valence-corrected chi connectivity index (χ2v) is 9.39. The molecule has 2 saturated carbocycles. The van der Waals surface area contributed by atoms with E-state index < -0.39 is 0 Å². The van der Waals surface area contributed by atoms with Crippen LogP contribution in [-0.4, -0.2) is 58.2 Å². The molecule has 1 aliphatic heterocycles. The molecule has 2 aliphatic carbocycles. The molecule has 1 saturated heterocycles. The maximum Gasteiger partial charge on any atom is 0.225 e. The van der Waals surface area contributed by atoms with Gasteiger partial charge in [-0.3, -0.25) is 4.79 Å². The number of amides is 1. The number of carbonyl (C=O) groups is 1. The molecule has 3 heterocycles. The second-order valence-electron chi connectivity index (χ2n) is 8.95. The summed E-state index contributed by atoms with van der Waals surface area (Å²) in [6, 6.07) is 7.45. The fraction of sp³-hybridized carbons (Fsp3) is 0.500. The number of hydrogen-bond acceptors (Lipinski definition) is 7. The lowest BCUT2D eigenvalue weighted by molar-refractivity contribution is -0.135. The molecule has 3 aliphatic rings. The Morgan fingerprint density at radius 3 is 2.76 bits per heavy atom. The van der Waals surface area contributed by atoms with Crippen LogP contribution in [0, 0.1) is 17.2 Å². The van der Waals surface area contributed by atoms with Crippen LogP contribution in [0.25, 0.3) is 0 Å². The Hall–Kier alpha value is -2.89. The van der Waals surface area contributed by atoms with Crippen LogP contribution in [0.4, 0.5) is 5.82 Å². The molecular formula is C24H26ClN5O3. The topological polar surface area (TPSA) is 103 Å². The van der Waals surface area contributed by atoms with Crippen molar-refractivity contribution < 1.29 is 14.6 Å². The van der Waals surface area contributed by atoms with Crippen LogP contribution in [0.2, 0.25) is 5.02 Å². The van der Waals surface area contributed by atoms with Crippen LogP contribution < -0.4 is 9.64 Å². The minimum atomic E-state index is -0.135. The van der Waals surface area contributed by atoms with E-state index in [0.717, 1.165) is 31.4 Å². The highest BCUT2D eigenvalue weighted by atomic mass is 35.5. The normalized spacial score (nSPS) is 20.5. The number of halogens is 1. The summed E-state index contributed by atoms with van der Waals surface area (Å²) in [5.74, 6) is 2.35. The molecule has 0 spiro atoms. The molecule has 2 aromatic rings. The van der Waals surface area contributed by atoms with E-state index in [1.165, 1.54) is 0 Å². The van der Waals surface area contributed by atoms with E-state index in [2.05, 4.69) is 16.0 Å². The van der Waals surface area contributed by atoms with Gasteiger partial charge in [0, 0.05) is 55.3 Å². The molecule has 1 unspecified atom stereocenters. The van der Waals surface area contributed by atoms with E-state index in [-0.39, 0.29) is 25.0 Å². The number of nitrogens with zero attached hydrogens (tertiary/aromatic N) is 5. The third kappa shape index (κ3) is 4.75. The molecule has 1 atom stereocenters. The van der Waals surface area contributed by atoms with Gasteiger partial charge < -0.3 is 19.6 Å². The number of aliphatic hydroxyl groups excluding tert-OH is 1. The fourth-order valence-corrected chi connectivity index (χ4v) is 4.69. The molecule has 0 radical (unpaired) electrons. The number of nitriles is 1. The number of aromatic nitrogens is 2. The number of ether oxygens (including phenoxy) is 1. The molecule has 5 rings (SSSR count). The minimum Gasteiger partial charge on any atom is -0.437 e. The summed E-state index contributed by atoms with van der Waals surface area (Å²) in [4.78, 5) is 25.8. The highest BCUT2D eigenvalue weighted by Crippen LogP contribution is 2.46. The molecule has 172 valence electrons. The predicted molar refractivity (Wildman–Crippen MR) is 122 cm³/mol. The Labute approximate surface area is 197 Å². The van der Waals surface area contributed by atoms with Gasteiger partial charge in [-0.15, -0.1) is 0 Å². The molecule has 8 nitrogen and oxygen atoms in total. The summed E-state index contributed by atoms with van der Waals surface area (Å²) >= 11 is 6.07. The number of pyridine rings is 2. The van der Waals surface area contributed by atoms with Crippen molar-refractivity contribution in [1.29, 1.82) is 5.26 Å². The largest absolute Gasteiger partial charge is 0.437 e. The van der Waals surface area contributed by atoms with Crippen LogP contribution in [-0.2, 0) is 4.79 Å². The highest BCUT2D eigenvalue weighted by molar-refractivity contribution is 6.30. The Bertz CT molecular complexity index is 1100. The third-order valence-corrected chi connectivity index (χ3v) is 6.76. The zero-order valence-electron chi connectivity index (χ0n) is 18.3. The van der Waals surface area contributed by atoms with Crippen molar-refractivity contribution in [1.82, 2.24) is 14.9 Å². The molecule has 0 bridgehead atoms. The van der Waals surface area contributed by atoms with Crippen molar-refractivity contribution >= 4 is 23.3 Å². The first-order valence-electron chi connectivity index (χ1n) is 11.5. The first-order chi connectivity index (χ1) is 16.1. The molecule has 33 heavy (non-hydrogen) atoms. The molecule has 0 aromatic carbocycles. The van der Waals surface area contributed by atoms with E-state index in [9.17, 15) is 15.2 Å². The number of anilines is 1. The van der Waals surface area contributed by atoms with Gasteiger partial charge in [0.2, 0.25) is 11.8 Å². The summed E-state index contributed by atoms with van der Waals surface area (Å²) < 4.78 is 6.02. The van der Waals surface area contributed by atoms with E-state index in [0.29, 0.717) is 59.5 Å². The van der Waals surface area contributed by atoms with Crippen LogP contribution in [0.3, 0.4) is 0 Å². The van der Waals surface area contributed by atoms with Gasteiger partial charge >= 0.3 is 0 Å². The standard InChI is InChI=1S/C24H26ClN5O3/c25-18-5-7-27-21(12-18)33-20-11-17(13-26)24(28-23(20)16-3-4-16)29-8-9-30(22(32)6-10-31)19(14-29)15-1-2-15/h5,7,11-12,15-16,19,31H,1-4,6,8-10,14H2. The van der Waals surface area contributed by atoms with Gasteiger partial charge in [0.1, 0.15) is 11.9 Å². The minimum absolute atomic E-state index is 0.000967. The van der Waals surface area contributed by atoms with Gasteiger partial charge in [-0.2, -0.15) is 5.26 Å². The van der Waals surface area contributed by atoms with Gasteiger partial charge in [-0.25, -0.2) is 9.97 Å².